The maximum Gasteiger partial charge on any atom is 0.258 e. The van der Waals surface area contributed by atoms with E-state index in [1.165, 1.54) is 4.90 Å². The molecule has 25 heavy (non-hydrogen) atoms. The molecule has 2 aliphatic heterocycles. The summed E-state index contributed by atoms with van der Waals surface area (Å²) in [6.45, 7) is 0. The quantitative estimate of drug-likeness (QED) is 0.788. The molecule has 0 saturated carbocycles. The molecule has 2 unspecified atom stereocenters. The van der Waals surface area contributed by atoms with Gasteiger partial charge in [0.15, 0.2) is 5.54 Å². The molecule has 2 aromatic carbocycles. The van der Waals surface area contributed by atoms with Crippen molar-refractivity contribution in [3.05, 3.63) is 64.1 Å². The summed E-state index contributed by atoms with van der Waals surface area (Å²) in [4.78, 5) is 28.1. The van der Waals surface area contributed by atoms with Crippen LogP contribution in [0.15, 0.2) is 53.0 Å². The Balaban J connectivity index is 1.99. The summed E-state index contributed by atoms with van der Waals surface area (Å²) in [7, 11) is 1.71. The van der Waals surface area contributed by atoms with Gasteiger partial charge in [-0.1, -0.05) is 46.3 Å². The Bertz CT molecular complexity index is 854. The van der Waals surface area contributed by atoms with Gasteiger partial charge in [-0.3, -0.25) is 14.5 Å². The number of halogens is 1. The van der Waals surface area contributed by atoms with E-state index < -0.39 is 11.8 Å². The van der Waals surface area contributed by atoms with Crippen LogP contribution in [0.2, 0.25) is 0 Å². The summed E-state index contributed by atoms with van der Waals surface area (Å²) in [5.74, 6) is -0.510. The molecular weight excluding hydrogens is 384 g/mol. The summed E-state index contributed by atoms with van der Waals surface area (Å²) in [5, 5.41) is 10.5. The number of carbonyl (C=O) groups excluding carboxylic acids is 2. The highest BCUT2D eigenvalue weighted by molar-refractivity contribution is 9.10. The smallest absolute Gasteiger partial charge is 0.258 e. The molecule has 1 spiro atoms. The number of benzene rings is 2. The number of likely N-dealkylation sites (tertiary alicyclic amines) is 1. The van der Waals surface area contributed by atoms with Gasteiger partial charge < -0.3 is 10.0 Å². The number of anilines is 1. The SMILES string of the molecule is CN1C(=O)[C@@]2(c3ccccc31)C(c1ccc(Br)cc1)CC(O)N2C=O. The van der Waals surface area contributed by atoms with Crippen LogP contribution in [-0.4, -0.2) is 35.6 Å². The van der Waals surface area contributed by atoms with Crippen molar-refractivity contribution in [1.82, 2.24) is 4.90 Å². The number of aliphatic hydroxyl groups is 1. The predicted molar refractivity (Wildman–Crippen MR) is 96.9 cm³/mol. The zero-order valence-corrected chi connectivity index (χ0v) is 15.2. The number of carbonyl (C=O) groups is 2. The molecule has 0 aromatic heterocycles. The van der Waals surface area contributed by atoms with Crippen LogP contribution in [0.3, 0.4) is 0 Å². The fourth-order valence-electron chi connectivity index (χ4n) is 4.29. The zero-order valence-electron chi connectivity index (χ0n) is 13.6. The first kappa shape index (κ1) is 16.3. The van der Waals surface area contributed by atoms with E-state index in [1.54, 1.807) is 11.9 Å². The lowest BCUT2D eigenvalue weighted by molar-refractivity contribution is -0.144. The predicted octanol–water partition coefficient (Wildman–Crippen LogP) is 2.59. The summed E-state index contributed by atoms with van der Waals surface area (Å²) in [5.41, 5.74) is 1.25. The van der Waals surface area contributed by atoms with Crippen molar-refractivity contribution in [2.24, 2.45) is 0 Å². The number of hydrogen-bond donors (Lipinski definition) is 1. The number of aliphatic hydroxyl groups excluding tert-OH is 1. The van der Waals surface area contributed by atoms with E-state index in [0.29, 0.717) is 12.8 Å². The third-order valence-electron chi connectivity index (χ3n) is 5.37. The third kappa shape index (κ3) is 2.04. The normalized spacial score (nSPS) is 27.9. The lowest BCUT2D eigenvalue weighted by Gasteiger charge is -2.36. The first-order chi connectivity index (χ1) is 12.0. The van der Waals surface area contributed by atoms with Crippen LogP contribution in [0.5, 0.6) is 0 Å². The van der Waals surface area contributed by atoms with Crippen molar-refractivity contribution in [2.45, 2.75) is 24.1 Å². The molecule has 0 aliphatic carbocycles. The van der Waals surface area contributed by atoms with Gasteiger partial charge in [0.1, 0.15) is 6.23 Å². The number of likely N-dealkylation sites (N-methyl/N-ethyl adjacent to an activating group) is 1. The van der Waals surface area contributed by atoms with Gasteiger partial charge in [-0.2, -0.15) is 0 Å². The maximum absolute atomic E-state index is 13.4. The highest BCUT2D eigenvalue weighted by Crippen LogP contribution is 2.57. The minimum Gasteiger partial charge on any atom is -0.373 e. The van der Waals surface area contributed by atoms with E-state index in [2.05, 4.69) is 15.9 Å². The second-order valence-corrected chi connectivity index (χ2v) is 7.40. The molecule has 5 nitrogen and oxygen atoms in total. The molecule has 2 heterocycles. The Hall–Kier alpha value is -2.18. The minimum absolute atomic E-state index is 0.190. The van der Waals surface area contributed by atoms with Gasteiger partial charge in [0.25, 0.3) is 5.91 Å². The van der Waals surface area contributed by atoms with Crippen LogP contribution in [0.1, 0.15) is 23.5 Å². The van der Waals surface area contributed by atoms with Crippen molar-refractivity contribution in [3.63, 3.8) is 0 Å². The number of rotatable bonds is 2. The number of hydrogen-bond acceptors (Lipinski definition) is 3. The van der Waals surface area contributed by atoms with Gasteiger partial charge in [-0.05, 0) is 23.8 Å². The molecule has 1 saturated heterocycles. The van der Waals surface area contributed by atoms with Gasteiger partial charge in [0.05, 0.1) is 0 Å². The van der Waals surface area contributed by atoms with Gasteiger partial charge in [-0.25, -0.2) is 0 Å². The van der Waals surface area contributed by atoms with Crippen LogP contribution in [-0.2, 0) is 15.1 Å². The van der Waals surface area contributed by atoms with Crippen molar-refractivity contribution in [1.29, 1.82) is 0 Å². The molecule has 0 radical (unpaired) electrons. The zero-order chi connectivity index (χ0) is 17.8. The molecular formula is C19H17BrN2O3. The summed E-state index contributed by atoms with van der Waals surface area (Å²) >= 11 is 3.42. The monoisotopic (exact) mass is 400 g/mol. The molecule has 2 amide bonds. The Morgan fingerprint density at radius 1 is 1.20 bits per heavy atom. The lowest BCUT2D eigenvalue weighted by atomic mass is 9.76. The molecule has 128 valence electrons. The van der Waals surface area contributed by atoms with Gasteiger partial charge in [0.2, 0.25) is 6.41 Å². The van der Waals surface area contributed by atoms with E-state index in [9.17, 15) is 14.7 Å². The molecule has 0 bridgehead atoms. The molecule has 4 rings (SSSR count). The maximum atomic E-state index is 13.4. The average Bonchev–Trinajstić information content (AvgIpc) is 3.04. The topological polar surface area (TPSA) is 60.9 Å². The molecule has 6 heteroatoms. The summed E-state index contributed by atoms with van der Waals surface area (Å²) < 4.78 is 0.936. The Kier molecular flexibility index (Phi) is 3.70. The third-order valence-corrected chi connectivity index (χ3v) is 5.90. The Labute approximate surface area is 154 Å². The largest absolute Gasteiger partial charge is 0.373 e. The average molecular weight is 401 g/mol. The number of nitrogens with zero attached hydrogens (tertiary/aromatic N) is 2. The van der Waals surface area contributed by atoms with E-state index >= 15 is 0 Å². The van der Waals surface area contributed by atoms with Crippen molar-refractivity contribution in [2.75, 3.05) is 11.9 Å². The van der Waals surface area contributed by atoms with Crippen molar-refractivity contribution < 1.29 is 14.7 Å². The first-order valence-corrected chi connectivity index (χ1v) is 8.86. The first-order valence-electron chi connectivity index (χ1n) is 8.06. The van der Waals surface area contributed by atoms with E-state index in [0.717, 1.165) is 21.3 Å². The molecule has 1 fully saturated rings. The fraction of sp³-hybridized carbons (Fsp3) is 0.263. The number of amides is 2. The second kappa shape index (κ2) is 5.68. The van der Waals surface area contributed by atoms with Gasteiger partial charge in [0, 0.05) is 35.1 Å². The van der Waals surface area contributed by atoms with Crippen LogP contribution >= 0.6 is 15.9 Å². The summed E-state index contributed by atoms with van der Waals surface area (Å²) in [6.07, 6.45) is -0.0966. The van der Waals surface area contributed by atoms with Crippen LogP contribution < -0.4 is 4.90 Å². The van der Waals surface area contributed by atoms with Crippen LogP contribution in [0.25, 0.3) is 0 Å². The van der Waals surface area contributed by atoms with Crippen LogP contribution in [0, 0.1) is 0 Å². The molecule has 1 N–H and O–H groups in total. The number of para-hydroxylation sites is 1. The van der Waals surface area contributed by atoms with Gasteiger partial charge in [-0.15, -0.1) is 0 Å². The Morgan fingerprint density at radius 3 is 2.56 bits per heavy atom. The highest BCUT2D eigenvalue weighted by Gasteiger charge is 2.64. The van der Waals surface area contributed by atoms with Crippen molar-refractivity contribution in [3.8, 4) is 0 Å². The highest BCUT2D eigenvalue weighted by atomic mass is 79.9. The van der Waals surface area contributed by atoms with Crippen molar-refractivity contribution >= 4 is 33.9 Å². The number of fused-ring (bicyclic) bond motifs is 2. The van der Waals surface area contributed by atoms with E-state index in [4.69, 9.17) is 0 Å². The van der Waals surface area contributed by atoms with Gasteiger partial charge >= 0.3 is 0 Å². The molecule has 3 atom stereocenters. The molecule has 2 aliphatic rings. The molecule has 2 aromatic rings. The van der Waals surface area contributed by atoms with E-state index in [-0.39, 0.29) is 11.8 Å². The Morgan fingerprint density at radius 2 is 1.88 bits per heavy atom. The minimum atomic E-state index is -1.21. The second-order valence-electron chi connectivity index (χ2n) is 6.48. The van der Waals surface area contributed by atoms with Crippen LogP contribution in [0.4, 0.5) is 5.69 Å². The fourth-order valence-corrected chi connectivity index (χ4v) is 4.56. The standard InChI is InChI=1S/C19H17BrN2O3/c1-21-16-5-3-2-4-14(16)19(18(21)25)15(10-17(24)22(19)11-23)12-6-8-13(20)9-7-12/h2-9,11,15,17,24H,10H2,1H3/t15?,17?,19-/m1/s1. The summed E-state index contributed by atoms with van der Waals surface area (Å²) in [6, 6.07) is 15.2. The van der Waals surface area contributed by atoms with E-state index in [1.807, 2.05) is 48.5 Å². The lowest BCUT2D eigenvalue weighted by Crippen LogP contribution is -2.52.